The van der Waals surface area contributed by atoms with Gasteiger partial charge in [-0.15, -0.1) is 0 Å². The van der Waals surface area contributed by atoms with Crippen molar-refractivity contribution in [3.63, 3.8) is 0 Å². The molecule has 0 unspecified atom stereocenters. The van der Waals surface area contributed by atoms with E-state index in [1.807, 2.05) is 37.3 Å². The van der Waals surface area contributed by atoms with Crippen molar-refractivity contribution in [3.05, 3.63) is 95.0 Å². The summed E-state index contributed by atoms with van der Waals surface area (Å²) in [4.78, 5) is 25.1. The van der Waals surface area contributed by atoms with E-state index in [0.717, 1.165) is 4.47 Å². The van der Waals surface area contributed by atoms with Gasteiger partial charge in [-0.3, -0.25) is 10.1 Å². The lowest BCUT2D eigenvalue weighted by molar-refractivity contribution is -0.111. The molecule has 3 rings (SSSR count). The van der Waals surface area contributed by atoms with Crippen LogP contribution < -0.4 is 21.1 Å². The lowest BCUT2D eigenvalue weighted by Gasteiger charge is -2.26. The number of amides is 2. The molecule has 200 valence electrons. The van der Waals surface area contributed by atoms with Gasteiger partial charge in [0.25, 0.3) is 0 Å². The number of aliphatic hydroxyl groups is 1. The molecule has 9 heteroatoms. The lowest BCUT2D eigenvalue weighted by Crippen LogP contribution is -2.22. The van der Waals surface area contributed by atoms with E-state index in [1.54, 1.807) is 48.5 Å². The first-order chi connectivity index (χ1) is 18.4. The molecule has 0 spiro atoms. The summed E-state index contributed by atoms with van der Waals surface area (Å²) in [6, 6.07) is 21.5. The molecule has 5 N–H and O–H groups in total. The van der Waals surface area contributed by atoms with Gasteiger partial charge in [0.05, 0.1) is 18.0 Å². The highest BCUT2D eigenvalue weighted by Crippen LogP contribution is 2.35. The molecule has 0 bridgehead atoms. The first kappa shape index (κ1) is 28.7. The van der Waals surface area contributed by atoms with Gasteiger partial charge in [-0.05, 0) is 67.3 Å². The molecule has 3 aromatic carbocycles. The Bertz CT molecular complexity index is 1230. The molecule has 0 aliphatic heterocycles. The zero-order valence-electron chi connectivity index (χ0n) is 21.1. The molecular formula is C29H32BrN3O5. The summed E-state index contributed by atoms with van der Waals surface area (Å²) in [7, 11) is 0. The number of benzene rings is 3. The number of halogens is 1. The van der Waals surface area contributed by atoms with Crippen LogP contribution >= 0.6 is 15.9 Å². The molecule has 0 heterocycles. The van der Waals surface area contributed by atoms with Crippen LogP contribution in [0.5, 0.6) is 5.75 Å². The standard InChI is InChI=1S/C29H32BrN3O5/c1-20(8-2-7-13-27(35)33-25-11-5-4-10-24(25)31)28(23-9-3-6-12-26(23)37-19-18-34)38-29(36)32-22-16-14-21(30)15-17-22/h3-7,9-17,20,28,34H,2,8,18-19,31H2,1H3,(H,32,36)(H,33,35)/b13-7+/t20-,28+/m1/s1. The van der Waals surface area contributed by atoms with Crippen LogP contribution in [0.2, 0.25) is 0 Å². The smallest absolute Gasteiger partial charge is 0.412 e. The minimum Gasteiger partial charge on any atom is -0.491 e. The third-order valence-corrected chi connectivity index (χ3v) is 6.22. The number of rotatable bonds is 12. The minimum atomic E-state index is -0.633. The molecule has 0 fully saturated rings. The second-order valence-electron chi connectivity index (χ2n) is 8.60. The van der Waals surface area contributed by atoms with Crippen molar-refractivity contribution in [1.29, 1.82) is 0 Å². The van der Waals surface area contributed by atoms with Crippen LogP contribution in [0, 0.1) is 5.92 Å². The number of aliphatic hydroxyl groups excluding tert-OH is 1. The second-order valence-corrected chi connectivity index (χ2v) is 9.52. The highest BCUT2D eigenvalue weighted by molar-refractivity contribution is 9.10. The zero-order valence-corrected chi connectivity index (χ0v) is 22.7. The third-order valence-electron chi connectivity index (χ3n) is 5.69. The molecule has 8 nitrogen and oxygen atoms in total. The van der Waals surface area contributed by atoms with Crippen molar-refractivity contribution in [2.45, 2.75) is 25.9 Å². The van der Waals surface area contributed by atoms with Gasteiger partial charge in [-0.2, -0.15) is 0 Å². The van der Waals surface area contributed by atoms with Gasteiger partial charge in [0.1, 0.15) is 18.5 Å². The maximum atomic E-state index is 12.8. The fourth-order valence-corrected chi connectivity index (χ4v) is 4.04. The van der Waals surface area contributed by atoms with Crippen LogP contribution in [0.15, 0.2) is 89.4 Å². The summed E-state index contributed by atoms with van der Waals surface area (Å²) < 4.78 is 12.5. The summed E-state index contributed by atoms with van der Waals surface area (Å²) in [5, 5.41) is 14.7. The Labute approximate surface area is 231 Å². The highest BCUT2D eigenvalue weighted by Gasteiger charge is 2.26. The molecule has 0 radical (unpaired) electrons. The van der Waals surface area contributed by atoms with Gasteiger partial charge in [-0.25, -0.2) is 4.79 Å². The van der Waals surface area contributed by atoms with Gasteiger partial charge in [0, 0.05) is 15.7 Å². The van der Waals surface area contributed by atoms with E-state index in [-0.39, 0.29) is 25.0 Å². The van der Waals surface area contributed by atoms with Crippen molar-refractivity contribution in [1.82, 2.24) is 0 Å². The lowest BCUT2D eigenvalue weighted by atomic mass is 9.92. The Morgan fingerprint density at radius 2 is 1.74 bits per heavy atom. The summed E-state index contributed by atoms with van der Waals surface area (Å²) in [6.07, 6.45) is 3.21. The quantitative estimate of drug-likeness (QED) is 0.147. The molecule has 0 aliphatic rings. The number of ether oxygens (including phenoxy) is 2. The first-order valence-electron chi connectivity index (χ1n) is 12.2. The van der Waals surface area contributed by atoms with Gasteiger partial charge in [-0.1, -0.05) is 59.3 Å². The van der Waals surface area contributed by atoms with E-state index in [1.165, 1.54) is 6.08 Å². The van der Waals surface area contributed by atoms with E-state index in [4.69, 9.17) is 15.2 Å². The monoisotopic (exact) mass is 581 g/mol. The highest BCUT2D eigenvalue weighted by atomic mass is 79.9. The number of nitrogen functional groups attached to an aromatic ring is 1. The topological polar surface area (TPSA) is 123 Å². The molecule has 0 saturated heterocycles. The SMILES string of the molecule is C[C@H](CC/C=C/C(=O)Nc1ccccc1N)[C@H](OC(=O)Nc1ccc(Br)cc1)c1ccccc1OCCO. The largest absolute Gasteiger partial charge is 0.491 e. The van der Waals surface area contributed by atoms with Gasteiger partial charge < -0.3 is 25.6 Å². The summed E-state index contributed by atoms with van der Waals surface area (Å²) in [5.41, 5.74) is 8.22. The summed E-state index contributed by atoms with van der Waals surface area (Å²) in [6.45, 7) is 1.95. The number of carbonyl (C=O) groups excluding carboxylic acids is 2. The maximum Gasteiger partial charge on any atom is 0.412 e. The van der Waals surface area contributed by atoms with Crippen LogP contribution in [0.25, 0.3) is 0 Å². The van der Waals surface area contributed by atoms with Crippen molar-refractivity contribution in [3.8, 4) is 5.75 Å². The van der Waals surface area contributed by atoms with E-state index >= 15 is 0 Å². The number of hydrogen-bond acceptors (Lipinski definition) is 6. The molecule has 38 heavy (non-hydrogen) atoms. The Kier molecular flexibility index (Phi) is 11.2. The van der Waals surface area contributed by atoms with Gasteiger partial charge >= 0.3 is 6.09 Å². The van der Waals surface area contributed by atoms with Crippen LogP contribution in [-0.4, -0.2) is 30.3 Å². The fourth-order valence-electron chi connectivity index (χ4n) is 3.77. The van der Waals surface area contributed by atoms with Crippen molar-refractivity contribution in [2.75, 3.05) is 29.6 Å². The predicted octanol–water partition coefficient (Wildman–Crippen LogP) is 6.30. The van der Waals surface area contributed by atoms with Crippen LogP contribution in [0.3, 0.4) is 0 Å². The molecular weight excluding hydrogens is 550 g/mol. The number of nitrogens with one attached hydrogen (secondary N) is 2. The van der Waals surface area contributed by atoms with Gasteiger partial charge in [0.2, 0.25) is 5.91 Å². The van der Waals surface area contributed by atoms with Crippen LogP contribution in [0.1, 0.15) is 31.4 Å². The van der Waals surface area contributed by atoms with E-state index in [2.05, 4.69) is 26.6 Å². The Morgan fingerprint density at radius 1 is 1.03 bits per heavy atom. The van der Waals surface area contributed by atoms with Gasteiger partial charge in [0.15, 0.2) is 0 Å². The molecule has 2 amide bonds. The second kappa shape index (κ2) is 14.8. The average Bonchev–Trinajstić information content (AvgIpc) is 2.91. The number of hydrogen-bond donors (Lipinski definition) is 4. The first-order valence-corrected chi connectivity index (χ1v) is 13.0. The van der Waals surface area contributed by atoms with E-state index in [9.17, 15) is 14.7 Å². The number of carbonyl (C=O) groups is 2. The molecule has 0 saturated carbocycles. The Morgan fingerprint density at radius 3 is 2.47 bits per heavy atom. The molecule has 2 atom stereocenters. The number of allylic oxidation sites excluding steroid dienone is 1. The zero-order chi connectivity index (χ0) is 27.3. The number of nitrogens with two attached hydrogens (primary N) is 1. The van der Waals surface area contributed by atoms with E-state index in [0.29, 0.717) is 41.2 Å². The normalized spacial score (nSPS) is 12.5. The van der Waals surface area contributed by atoms with Crippen molar-refractivity contribution >= 4 is 45.0 Å². The fraction of sp³-hybridized carbons (Fsp3) is 0.241. The maximum absolute atomic E-state index is 12.8. The number of anilines is 3. The average molecular weight is 582 g/mol. The molecule has 3 aromatic rings. The van der Waals surface area contributed by atoms with Crippen molar-refractivity contribution in [2.24, 2.45) is 5.92 Å². The predicted molar refractivity (Wildman–Crippen MR) is 153 cm³/mol. The van der Waals surface area contributed by atoms with Crippen LogP contribution in [-0.2, 0) is 9.53 Å². The Hall–Kier alpha value is -3.82. The molecule has 0 aromatic heterocycles. The minimum absolute atomic E-state index is 0.118. The Balaban J connectivity index is 1.68. The van der Waals surface area contributed by atoms with Crippen molar-refractivity contribution < 1.29 is 24.2 Å². The van der Waals surface area contributed by atoms with Crippen LogP contribution in [0.4, 0.5) is 21.9 Å². The van der Waals surface area contributed by atoms with E-state index < -0.39 is 12.2 Å². The summed E-state index contributed by atoms with van der Waals surface area (Å²) in [5.74, 6) is 0.132. The third kappa shape index (κ3) is 8.93. The summed E-state index contributed by atoms with van der Waals surface area (Å²) >= 11 is 3.38. The number of para-hydroxylation sites is 3. The molecule has 0 aliphatic carbocycles.